The van der Waals surface area contributed by atoms with E-state index in [0.29, 0.717) is 22.9 Å². The predicted octanol–water partition coefficient (Wildman–Crippen LogP) is 2.95. The van der Waals surface area contributed by atoms with Crippen LogP contribution in [0.15, 0.2) is 36.4 Å². The molecule has 1 aromatic heterocycles. The molecule has 0 fully saturated rings. The maximum absolute atomic E-state index is 12.1. The van der Waals surface area contributed by atoms with E-state index in [1.807, 2.05) is 30.3 Å². The highest BCUT2D eigenvalue weighted by Gasteiger charge is 2.13. The number of ether oxygens (including phenoxy) is 2. The number of aromatic amines is 1. The molecule has 0 bridgehead atoms. The Balaban J connectivity index is 2.03. The van der Waals surface area contributed by atoms with Gasteiger partial charge in [0.15, 0.2) is 11.5 Å². The molecule has 0 saturated heterocycles. The molecular weight excluding hydrogens is 306 g/mol. The van der Waals surface area contributed by atoms with E-state index >= 15 is 0 Å². The van der Waals surface area contributed by atoms with Crippen LogP contribution in [0.1, 0.15) is 10.4 Å². The third-order valence-corrected chi connectivity index (χ3v) is 3.79. The molecule has 0 spiro atoms. The molecule has 0 atom stereocenters. The zero-order valence-electron chi connectivity index (χ0n) is 14.1. The number of hydrogen-bond acceptors (Lipinski definition) is 4. The summed E-state index contributed by atoms with van der Waals surface area (Å²) in [6, 6.07) is 11.0. The number of benzene rings is 2. The minimum Gasteiger partial charge on any atom is -0.493 e. The van der Waals surface area contributed by atoms with Crippen LogP contribution >= 0.6 is 0 Å². The van der Waals surface area contributed by atoms with E-state index in [0.717, 1.165) is 16.6 Å². The first-order valence-electron chi connectivity index (χ1n) is 7.47. The molecule has 1 heterocycles. The lowest BCUT2D eigenvalue weighted by Gasteiger charge is -2.09. The van der Waals surface area contributed by atoms with Gasteiger partial charge in [-0.2, -0.15) is 0 Å². The Kier molecular flexibility index (Phi) is 4.12. The molecule has 0 aliphatic carbocycles. The summed E-state index contributed by atoms with van der Waals surface area (Å²) in [6.45, 7) is 0. The van der Waals surface area contributed by atoms with Gasteiger partial charge in [0.25, 0.3) is 5.91 Å². The Labute approximate surface area is 140 Å². The van der Waals surface area contributed by atoms with Crippen LogP contribution in [0.2, 0.25) is 0 Å². The molecule has 0 radical (unpaired) electrons. The first kappa shape index (κ1) is 15.9. The van der Waals surface area contributed by atoms with E-state index in [9.17, 15) is 4.79 Å². The highest BCUT2D eigenvalue weighted by molar-refractivity contribution is 5.97. The fraction of sp³-hybridized carbons (Fsp3) is 0.222. The monoisotopic (exact) mass is 325 g/mol. The first-order valence-corrected chi connectivity index (χ1v) is 7.47. The normalized spacial score (nSPS) is 10.7. The first-order chi connectivity index (χ1) is 11.5. The van der Waals surface area contributed by atoms with Gasteiger partial charge in [-0.3, -0.25) is 4.79 Å². The average molecular weight is 325 g/mol. The number of fused-ring (bicyclic) bond motifs is 1. The van der Waals surface area contributed by atoms with Crippen molar-refractivity contribution in [2.45, 2.75) is 0 Å². The van der Waals surface area contributed by atoms with Gasteiger partial charge in [0, 0.05) is 25.2 Å². The second-order valence-electron chi connectivity index (χ2n) is 5.59. The van der Waals surface area contributed by atoms with Gasteiger partial charge < -0.3 is 19.4 Å². The second kappa shape index (κ2) is 6.23. The fourth-order valence-electron chi connectivity index (χ4n) is 2.52. The van der Waals surface area contributed by atoms with Crippen LogP contribution in [0.5, 0.6) is 11.5 Å². The van der Waals surface area contributed by atoms with E-state index < -0.39 is 0 Å². The molecule has 3 rings (SSSR count). The van der Waals surface area contributed by atoms with E-state index in [-0.39, 0.29) is 5.91 Å². The van der Waals surface area contributed by atoms with Gasteiger partial charge in [0.05, 0.1) is 25.3 Å². The molecule has 6 nitrogen and oxygen atoms in total. The Morgan fingerprint density at radius 2 is 1.79 bits per heavy atom. The zero-order valence-corrected chi connectivity index (χ0v) is 14.1. The van der Waals surface area contributed by atoms with Crippen molar-refractivity contribution in [3.8, 4) is 22.9 Å². The largest absolute Gasteiger partial charge is 0.493 e. The van der Waals surface area contributed by atoms with Crippen molar-refractivity contribution in [2.24, 2.45) is 0 Å². The number of imidazole rings is 1. The highest BCUT2D eigenvalue weighted by atomic mass is 16.5. The molecule has 6 heteroatoms. The average Bonchev–Trinajstić information content (AvgIpc) is 3.03. The maximum Gasteiger partial charge on any atom is 0.253 e. The fourth-order valence-corrected chi connectivity index (χ4v) is 2.52. The second-order valence-corrected chi connectivity index (χ2v) is 5.59. The van der Waals surface area contributed by atoms with Gasteiger partial charge in [-0.05, 0) is 36.4 Å². The number of rotatable bonds is 4. The lowest BCUT2D eigenvalue weighted by Crippen LogP contribution is -2.21. The van der Waals surface area contributed by atoms with Crippen LogP contribution in [0.25, 0.3) is 22.4 Å². The molecule has 0 saturated carbocycles. The number of H-pyrrole nitrogens is 1. The third kappa shape index (κ3) is 2.78. The molecular formula is C18H19N3O3. The molecule has 0 aliphatic rings. The minimum absolute atomic E-state index is 0.0424. The number of methoxy groups -OCH3 is 2. The topological polar surface area (TPSA) is 67.5 Å². The Morgan fingerprint density at radius 3 is 2.46 bits per heavy atom. The number of carbonyl (C=O) groups excluding carboxylic acids is 1. The molecule has 24 heavy (non-hydrogen) atoms. The number of amides is 1. The SMILES string of the molecule is COc1ccc(-c2nc3ccc(C(=O)N(C)C)cc3[nH]2)cc1OC. The quantitative estimate of drug-likeness (QED) is 0.801. The van der Waals surface area contributed by atoms with Crippen LogP contribution < -0.4 is 9.47 Å². The standard InChI is InChI=1S/C18H19N3O3/c1-21(2)18(22)12-5-7-13-14(9-12)20-17(19-13)11-6-8-15(23-3)16(10-11)24-4/h5-10H,1-4H3,(H,19,20). The van der Waals surface area contributed by atoms with Gasteiger partial charge in [0.1, 0.15) is 5.82 Å². The van der Waals surface area contributed by atoms with E-state index in [4.69, 9.17) is 9.47 Å². The lowest BCUT2D eigenvalue weighted by atomic mass is 10.2. The number of nitrogens with one attached hydrogen (secondary N) is 1. The van der Waals surface area contributed by atoms with E-state index in [1.165, 1.54) is 0 Å². The molecule has 2 aromatic carbocycles. The van der Waals surface area contributed by atoms with E-state index in [1.54, 1.807) is 39.3 Å². The molecule has 1 amide bonds. The van der Waals surface area contributed by atoms with Crippen LogP contribution in [0.4, 0.5) is 0 Å². The van der Waals surface area contributed by atoms with Gasteiger partial charge in [-0.25, -0.2) is 4.98 Å². The zero-order chi connectivity index (χ0) is 17.3. The van der Waals surface area contributed by atoms with Crippen molar-refractivity contribution < 1.29 is 14.3 Å². The Hall–Kier alpha value is -3.02. The van der Waals surface area contributed by atoms with Crippen molar-refractivity contribution >= 4 is 16.9 Å². The van der Waals surface area contributed by atoms with E-state index in [2.05, 4.69) is 9.97 Å². The molecule has 0 unspecified atom stereocenters. The number of hydrogen-bond donors (Lipinski definition) is 1. The summed E-state index contributed by atoms with van der Waals surface area (Å²) >= 11 is 0. The molecule has 3 aromatic rings. The van der Waals surface area contributed by atoms with Crippen LogP contribution in [0, 0.1) is 0 Å². The van der Waals surface area contributed by atoms with Crippen molar-refractivity contribution in [3.05, 3.63) is 42.0 Å². The van der Waals surface area contributed by atoms with Gasteiger partial charge in [-0.15, -0.1) is 0 Å². The summed E-state index contributed by atoms with van der Waals surface area (Å²) < 4.78 is 10.6. The summed E-state index contributed by atoms with van der Waals surface area (Å²) in [5, 5.41) is 0. The number of carbonyl (C=O) groups is 1. The van der Waals surface area contributed by atoms with Crippen molar-refractivity contribution in [3.63, 3.8) is 0 Å². The lowest BCUT2D eigenvalue weighted by molar-refractivity contribution is 0.0828. The summed E-state index contributed by atoms with van der Waals surface area (Å²) in [5.41, 5.74) is 3.11. The summed E-state index contributed by atoms with van der Waals surface area (Å²) in [5.74, 6) is 1.97. The van der Waals surface area contributed by atoms with Crippen molar-refractivity contribution in [1.82, 2.24) is 14.9 Å². The van der Waals surface area contributed by atoms with Crippen LogP contribution in [0.3, 0.4) is 0 Å². The summed E-state index contributed by atoms with van der Waals surface area (Å²) in [7, 11) is 6.66. The number of nitrogens with zero attached hydrogens (tertiary/aromatic N) is 2. The van der Waals surface area contributed by atoms with Gasteiger partial charge in [-0.1, -0.05) is 0 Å². The predicted molar refractivity (Wildman–Crippen MR) is 92.7 cm³/mol. The van der Waals surface area contributed by atoms with Gasteiger partial charge in [0.2, 0.25) is 0 Å². The molecule has 124 valence electrons. The van der Waals surface area contributed by atoms with Crippen molar-refractivity contribution in [1.29, 1.82) is 0 Å². The maximum atomic E-state index is 12.1. The van der Waals surface area contributed by atoms with Gasteiger partial charge >= 0.3 is 0 Å². The highest BCUT2D eigenvalue weighted by Crippen LogP contribution is 2.32. The molecule has 0 aliphatic heterocycles. The van der Waals surface area contributed by atoms with Crippen LogP contribution in [-0.2, 0) is 0 Å². The third-order valence-electron chi connectivity index (χ3n) is 3.79. The number of aromatic nitrogens is 2. The Morgan fingerprint density at radius 1 is 1.04 bits per heavy atom. The summed E-state index contributed by atoms with van der Waals surface area (Å²) in [6.07, 6.45) is 0. The minimum atomic E-state index is -0.0424. The van der Waals surface area contributed by atoms with Crippen LogP contribution in [-0.4, -0.2) is 49.1 Å². The smallest absolute Gasteiger partial charge is 0.253 e. The van der Waals surface area contributed by atoms with Crippen molar-refractivity contribution in [2.75, 3.05) is 28.3 Å². The summed E-state index contributed by atoms with van der Waals surface area (Å²) in [4.78, 5) is 21.5. The molecule has 1 N–H and O–H groups in total. The Bertz CT molecular complexity index is 900.